The molecular formula is C13H14Cl2N2O4. The van der Waals surface area contributed by atoms with E-state index in [1.165, 1.54) is 13.1 Å². The van der Waals surface area contributed by atoms with Crippen molar-refractivity contribution in [3.8, 4) is 0 Å². The predicted molar refractivity (Wildman–Crippen MR) is 78.2 cm³/mol. The molecule has 114 valence electrons. The van der Waals surface area contributed by atoms with Crippen LogP contribution in [-0.2, 0) is 25.5 Å². The fourth-order valence-corrected chi connectivity index (χ4v) is 1.81. The van der Waals surface area contributed by atoms with Gasteiger partial charge in [-0.05, 0) is 17.7 Å². The van der Waals surface area contributed by atoms with Gasteiger partial charge in [-0.1, -0.05) is 29.3 Å². The second-order valence-electron chi connectivity index (χ2n) is 4.02. The molecule has 0 saturated carbocycles. The van der Waals surface area contributed by atoms with E-state index in [2.05, 4.69) is 10.6 Å². The van der Waals surface area contributed by atoms with E-state index in [4.69, 9.17) is 27.9 Å². The van der Waals surface area contributed by atoms with E-state index in [1.54, 1.807) is 12.1 Å². The number of ether oxygens (including phenoxy) is 1. The highest BCUT2D eigenvalue weighted by Gasteiger charge is 2.11. The predicted octanol–water partition coefficient (Wildman–Crippen LogP) is 0.941. The van der Waals surface area contributed by atoms with Crippen molar-refractivity contribution < 1.29 is 19.1 Å². The van der Waals surface area contributed by atoms with Crippen LogP contribution in [0.4, 0.5) is 0 Å². The van der Waals surface area contributed by atoms with Crippen molar-refractivity contribution in [2.24, 2.45) is 0 Å². The van der Waals surface area contributed by atoms with Crippen molar-refractivity contribution in [1.29, 1.82) is 0 Å². The quantitative estimate of drug-likeness (QED) is 0.759. The average molecular weight is 333 g/mol. The van der Waals surface area contributed by atoms with Gasteiger partial charge < -0.3 is 15.4 Å². The highest BCUT2D eigenvalue weighted by molar-refractivity contribution is 6.35. The number of esters is 1. The number of nitrogens with one attached hydrogen (secondary N) is 2. The van der Waals surface area contributed by atoms with Crippen LogP contribution in [0.5, 0.6) is 0 Å². The van der Waals surface area contributed by atoms with E-state index < -0.39 is 18.5 Å². The van der Waals surface area contributed by atoms with Gasteiger partial charge in [-0.25, -0.2) is 0 Å². The standard InChI is InChI=1S/C13H14Cl2N2O4/c1-16-11(18)6-17-12(19)7-21-13(20)4-8-2-3-9(14)5-10(8)15/h2-3,5H,4,6-7H2,1H3,(H,16,18)(H,17,19). The fraction of sp³-hybridized carbons (Fsp3) is 0.308. The lowest BCUT2D eigenvalue weighted by molar-refractivity contribution is -0.147. The van der Waals surface area contributed by atoms with E-state index >= 15 is 0 Å². The van der Waals surface area contributed by atoms with E-state index in [0.717, 1.165) is 0 Å². The van der Waals surface area contributed by atoms with Crippen LogP contribution in [0.15, 0.2) is 18.2 Å². The van der Waals surface area contributed by atoms with Crippen LogP contribution < -0.4 is 10.6 Å². The number of likely N-dealkylation sites (N-methyl/N-ethyl adjacent to an activating group) is 1. The van der Waals surface area contributed by atoms with Gasteiger partial charge >= 0.3 is 5.97 Å². The molecule has 1 aromatic rings. The summed E-state index contributed by atoms with van der Waals surface area (Å²) in [5, 5.41) is 5.46. The number of carbonyl (C=O) groups excluding carboxylic acids is 3. The minimum absolute atomic E-state index is 0.0707. The van der Waals surface area contributed by atoms with E-state index in [0.29, 0.717) is 15.6 Å². The molecule has 0 fully saturated rings. The van der Waals surface area contributed by atoms with Gasteiger partial charge in [0.2, 0.25) is 5.91 Å². The molecule has 0 radical (unpaired) electrons. The number of carbonyl (C=O) groups is 3. The van der Waals surface area contributed by atoms with E-state index in [-0.39, 0.29) is 18.9 Å². The highest BCUT2D eigenvalue weighted by Crippen LogP contribution is 2.21. The Kier molecular flexibility index (Phi) is 6.98. The van der Waals surface area contributed by atoms with Gasteiger partial charge in [0.15, 0.2) is 6.61 Å². The van der Waals surface area contributed by atoms with Crippen molar-refractivity contribution in [2.75, 3.05) is 20.2 Å². The molecule has 0 spiro atoms. The molecular weight excluding hydrogens is 319 g/mol. The second-order valence-corrected chi connectivity index (χ2v) is 4.87. The summed E-state index contributed by atoms with van der Waals surface area (Å²) >= 11 is 11.7. The van der Waals surface area contributed by atoms with Crippen molar-refractivity contribution in [3.63, 3.8) is 0 Å². The molecule has 8 heteroatoms. The Morgan fingerprint density at radius 1 is 1.19 bits per heavy atom. The molecule has 2 N–H and O–H groups in total. The van der Waals surface area contributed by atoms with Gasteiger partial charge in [-0.3, -0.25) is 14.4 Å². The van der Waals surface area contributed by atoms with Gasteiger partial charge in [0.25, 0.3) is 5.91 Å². The largest absolute Gasteiger partial charge is 0.455 e. The Morgan fingerprint density at radius 2 is 1.90 bits per heavy atom. The third-order valence-electron chi connectivity index (χ3n) is 2.44. The minimum atomic E-state index is -0.602. The number of hydrogen-bond donors (Lipinski definition) is 2. The zero-order chi connectivity index (χ0) is 15.8. The van der Waals surface area contributed by atoms with Crippen LogP contribution in [0, 0.1) is 0 Å². The summed E-state index contributed by atoms with van der Waals surface area (Å²) in [5.74, 6) is -1.51. The molecule has 21 heavy (non-hydrogen) atoms. The molecule has 0 saturated heterocycles. The lowest BCUT2D eigenvalue weighted by atomic mass is 10.1. The molecule has 0 unspecified atom stereocenters. The summed E-state index contributed by atoms with van der Waals surface area (Å²) in [5.41, 5.74) is 0.553. The normalized spacial score (nSPS) is 9.86. The SMILES string of the molecule is CNC(=O)CNC(=O)COC(=O)Cc1ccc(Cl)cc1Cl. The first-order valence-corrected chi connectivity index (χ1v) is 6.74. The Bertz CT molecular complexity index is 549. The van der Waals surface area contributed by atoms with Crippen LogP contribution in [0.1, 0.15) is 5.56 Å². The maximum Gasteiger partial charge on any atom is 0.310 e. The maximum absolute atomic E-state index is 11.6. The molecule has 0 heterocycles. The van der Waals surface area contributed by atoms with Crippen molar-refractivity contribution in [2.45, 2.75) is 6.42 Å². The molecule has 6 nitrogen and oxygen atoms in total. The van der Waals surface area contributed by atoms with Crippen molar-refractivity contribution in [3.05, 3.63) is 33.8 Å². The third-order valence-corrected chi connectivity index (χ3v) is 3.03. The monoisotopic (exact) mass is 332 g/mol. The molecule has 0 bridgehead atoms. The van der Waals surface area contributed by atoms with Crippen LogP contribution in [0.2, 0.25) is 10.0 Å². The van der Waals surface area contributed by atoms with Gasteiger partial charge in [-0.15, -0.1) is 0 Å². The molecule has 0 aromatic heterocycles. The molecule has 2 amide bonds. The molecule has 0 aliphatic carbocycles. The average Bonchev–Trinajstić information content (AvgIpc) is 2.45. The van der Waals surface area contributed by atoms with Gasteiger partial charge in [0.05, 0.1) is 13.0 Å². The van der Waals surface area contributed by atoms with Crippen LogP contribution in [0.3, 0.4) is 0 Å². The lowest BCUT2D eigenvalue weighted by Crippen LogP contribution is -2.37. The first kappa shape index (κ1) is 17.3. The summed E-state index contributed by atoms with van der Waals surface area (Å²) in [7, 11) is 1.45. The van der Waals surface area contributed by atoms with Gasteiger partial charge in [0.1, 0.15) is 0 Å². The molecule has 0 atom stereocenters. The van der Waals surface area contributed by atoms with Crippen molar-refractivity contribution >= 4 is 41.0 Å². The summed E-state index contributed by atoms with van der Waals surface area (Å²) in [6.07, 6.45) is -0.0707. The number of amides is 2. The molecule has 0 aliphatic rings. The van der Waals surface area contributed by atoms with Crippen molar-refractivity contribution in [1.82, 2.24) is 10.6 Å². The van der Waals surface area contributed by atoms with Gasteiger partial charge in [-0.2, -0.15) is 0 Å². The maximum atomic E-state index is 11.6. The number of rotatable bonds is 6. The number of halogens is 2. The zero-order valence-corrected chi connectivity index (χ0v) is 12.8. The minimum Gasteiger partial charge on any atom is -0.455 e. The Balaban J connectivity index is 2.37. The Morgan fingerprint density at radius 3 is 2.52 bits per heavy atom. The summed E-state index contributed by atoms with van der Waals surface area (Å²) in [6, 6.07) is 4.73. The highest BCUT2D eigenvalue weighted by atomic mass is 35.5. The lowest BCUT2D eigenvalue weighted by Gasteiger charge is -2.07. The summed E-state index contributed by atoms with van der Waals surface area (Å²) in [4.78, 5) is 33.8. The first-order chi connectivity index (χ1) is 9.92. The van der Waals surface area contributed by atoms with Crippen LogP contribution in [0.25, 0.3) is 0 Å². The van der Waals surface area contributed by atoms with E-state index in [1.807, 2.05) is 0 Å². The molecule has 1 aromatic carbocycles. The van der Waals surface area contributed by atoms with Gasteiger partial charge in [0, 0.05) is 17.1 Å². The fourth-order valence-electron chi connectivity index (χ4n) is 1.34. The zero-order valence-electron chi connectivity index (χ0n) is 11.2. The Hall–Kier alpha value is -1.79. The Labute approximate surface area is 131 Å². The topological polar surface area (TPSA) is 84.5 Å². The molecule has 0 aliphatic heterocycles. The van der Waals surface area contributed by atoms with Crippen LogP contribution >= 0.6 is 23.2 Å². The summed E-state index contributed by atoms with van der Waals surface area (Å²) < 4.78 is 4.78. The van der Waals surface area contributed by atoms with Crippen LogP contribution in [-0.4, -0.2) is 38.0 Å². The number of benzene rings is 1. The number of hydrogen-bond acceptors (Lipinski definition) is 4. The second kappa shape index (κ2) is 8.49. The van der Waals surface area contributed by atoms with E-state index in [9.17, 15) is 14.4 Å². The third kappa shape index (κ3) is 6.46. The first-order valence-electron chi connectivity index (χ1n) is 5.99. The molecule has 1 rings (SSSR count). The smallest absolute Gasteiger partial charge is 0.310 e. The summed E-state index contributed by atoms with van der Waals surface area (Å²) in [6.45, 7) is -0.628.